The van der Waals surface area contributed by atoms with Crippen LogP contribution in [0.5, 0.6) is 11.5 Å². The van der Waals surface area contributed by atoms with Crippen molar-refractivity contribution in [3.8, 4) is 11.5 Å². The highest BCUT2D eigenvalue weighted by Gasteiger charge is 2.25. The molecule has 0 spiro atoms. The highest BCUT2D eigenvalue weighted by molar-refractivity contribution is 5.88. The number of fused-ring (bicyclic) bond motifs is 1. The van der Waals surface area contributed by atoms with Crippen LogP contribution in [0.2, 0.25) is 0 Å². The molecule has 1 atom stereocenters. The molecule has 1 aromatic heterocycles. The lowest BCUT2D eigenvalue weighted by Gasteiger charge is -2.20. The Morgan fingerprint density at radius 2 is 1.93 bits per heavy atom. The molecule has 0 fully saturated rings. The molecule has 1 heterocycles. The van der Waals surface area contributed by atoms with E-state index in [2.05, 4.69) is 35.4 Å². The normalized spacial score (nSPS) is 12.0. The zero-order chi connectivity index (χ0) is 21.5. The SMILES string of the molecule is CCc1cccc2c([C@H](CC(=O)NCCOC)c3ccc(OC)cc3OC)c[nH]c12. The maximum absolute atomic E-state index is 12.7. The minimum absolute atomic E-state index is 0.0316. The van der Waals surface area contributed by atoms with Gasteiger partial charge in [-0.15, -0.1) is 0 Å². The fourth-order valence-electron chi connectivity index (χ4n) is 3.87. The molecule has 30 heavy (non-hydrogen) atoms. The third-order valence-electron chi connectivity index (χ3n) is 5.42. The van der Waals surface area contributed by atoms with Gasteiger partial charge in [-0.05, 0) is 23.6 Å². The molecule has 6 nitrogen and oxygen atoms in total. The predicted molar refractivity (Wildman–Crippen MR) is 119 cm³/mol. The van der Waals surface area contributed by atoms with E-state index in [0.717, 1.165) is 28.5 Å². The van der Waals surface area contributed by atoms with E-state index in [4.69, 9.17) is 14.2 Å². The summed E-state index contributed by atoms with van der Waals surface area (Å²) in [6.45, 7) is 3.10. The van der Waals surface area contributed by atoms with Crippen molar-refractivity contribution in [2.45, 2.75) is 25.7 Å². The molecule has 0 unspecified atom stereocenters. The molecule has 0 aliphatic rings. The maximum atomic E-state index is 12.7. The Hall–Kier alpha value is -2.99. The lowest BCUT2D eigenvalue weighted by Crippen LogP contribution is -2.28. The number of methoxy groups -OCH3 is 3. The van der Waals surface area contributed by atoms with Crippen LogP contribution >= 0.6 is 0 Å². The van der Waals surface area contributed by atoms with Crippen molar-refractivity contribution in [1.29, 1.82) is 0 Å². The molecule has 0 aliphatic carbocycles. The van der Waals surface area contributed by atoms with Gasteiger partial charge in [0.05, 0.1) is 20.8 Å². The first-order valence-corrected chi connectivity index (χ1v) is 10.2. The summed E-state index contributed by atoms with van der Waals surface area (Å²) in [7, 11) is 4.88. The van der Waals surface area contributed by atoms with Crippen LogP contribution in [0.3, 0.4) is 0 Å². The van der Waals surface area contributed by atoms with Crippen LogP contribution in [-0.2, 0) is 16.0 Å². The van der Waals surface area contributed by atoms with Gasteiger partial charge in [-0.2, -0.15) is 0 Å². The number of aryl methyl sites for hydroxylation is 1. The van der Waals surface area contributed by atoms with Crippen LogP contribution < -0.4 is 14.8 Å². The van der Waals surface area contributed by atoms with E-state index >= 15 is 0 Å². The summed E-state index contributed by atoms with van der Waals surface area (Å²) < 4.78 is 16.1. The number of aromatic nitrogens is 1. The zero-order valence-corrected chi connectivity index (χ0v) is 18.1. The minimum atomic E-state index is -0.172. The van der Waals surface area contributed by atoms with Crippen molar-refractivity contribution < 1.29 is 19.0 Å². The number of H-pyrrole nitrogens is 1. The van der Waals surface area contributed by atoms with Crippen LogP contribution in [0, 0.1) is 0 Å². The summed E-state index contributed by atoms with van der Waals surface area (Å²) in [4.78, 5) is 16.2. The van der Waals surface area contributed by atoms with E-state index in [-0.39, 0.29) is 11.8 Å². The Kier molecular flexibility index (Phi) is 7.36. The Labute approximate surface area is 177 Å². The molecule has 2 N–H and O–H groups in total. The number of hydrogen-bond donors (Lipinski definition) is 2. The molecule has 0 radical (unpaired) electrons. The highest BCUT2D eigenvalue weighted by atomic mass is 16.5. The molecule has 2 aromatic carbocycles. The predicted octanol–water partition coefficient (Wildman–Crippen LogP) is 4.03. The van der Waals surface area contributed by atoms with Gasteiger partial charge in [-0.3, -0.25) is 4.79 Å². The fourth-order valence-corrected chi connectivity index (χ4v) is 3.87. The maximum Gasteiger partial charge on any atom is 0.221 e. The van der Waals surface area contributed by atoms with Gasteiger partial charge in [0, 0.05) is 54.7 Å². The van der Waals surface area contributed by atoms with E-state index in [1.54, 1.807) is 21.3 Å². The summed E-state index contributed by atoms with van der Waals surface area (Å²) in [5.74, 6) is 1.21. The molecule has 1 amide bonds. The van der Waals surface area contributed by atoms with Crippen LogP contribution in [0.25, 0.3) is 10.9 Å². The highest BCUT2D eigenvalue weighted by Crippen LogP contribution is 2.39. The molecule has 160 valence electrons. The Balaban J connectivity index is 2.06. The molecule has 3 aromatic rings. The number of amides is 1. The summed E-state index contributed by atoms with van der Waals surface area (Å²) >= 11 is 0. The fraction of sp³-hybridized carbons (Fsp3) is 0.375. The van der Waals surface area contributed by atoms with E-state index < -0.39 is 0 Å². The average molecular weight is 411 g/mol. The molecular formula is C24H30N2O4. The third kappa shape index (κ3) is 4.60. The molecule has 0 aliphatic heterocycles. The van der Waals surface area contributed by atoms with Gasteiger partial charge >= 0.3 is 0 Å². The van der Waals surface area contributed by atoms with Gasteiger partial charge in [-0.1, -0.05) is 31.2 Å². The summed E-state index contributed by atoms with van der Waals surface area (Å²) in [6, 6.07) is 12.0. The van der Waals surface area contributed by atoms with Crippen LogP contribution in [0.15, 0.2) is 42.6 Å². The monoisotopic (exact) mass is 410 g/mol. The van der Waals surface area contributed by atoms with Crippen LogP contribution in [0.1, 0.15) is 36.0 Å². The lowest BCUT2D eigenvalue weighted by atomic mass is 9.87. The van der Waals surface area contributed by atoms with Crippen molar-refractivity contribution in [3.05, 3.63) is 59.3 Å². The second-order valence-corrected chi connectivity index (χ2v) is 7.14. The standard InChI is InChI=1S/C24H30N2O4/c1-5-16-7-6-8-19-21(15-26-24(16)19)20(14-23(27)25-11-12-28-2)18-10-9-17(29-3)13-22(18)30-4/h6-10,13,15,20,26H,5,11-12,14H2,1-4H3,(H,25,27)/t20-/m1/s1. The topological polar surface area (TPSA) is 72.6 Å². The molecule has 0 saturated carbocycles. The van der Waals surface area contributed by atoms with Gasteiger partial charge in [0.1, 0.15) is 11.5 Å². The first-order valence-electron chi connectivity index (χ1n) is 10.2. The quantitative estimate of drug-likeness (QED) is 0.495. The molecule has 3 rings (SSSR count). The Morgan fingerprint density at radius 3 is 2.63 bits per heavy atom. The van der Waals surface area contributed by atoms with E-state index in [0.29, 0.717) is 31.1 Å². The second kappa shape index (κ2) is 10.2. The van der Waals surface area contributed by atoms with Crippen molar-refractivity contribution in [1.82, 2.24) is 10.3 Å². The van der Waals surface area contributed by atoms with Crippen molar-refractivity contribution in [2.75, 3.05) is 34.5 Å². The number of rotatable bonds is 10. The third-order valence-corrected chi connectivity index (χ3v) is 5.42. The average Bonchev–Trinajstić information content (AvgIpc) is 3.21. The lowest BCUT2D eigenvalue weighted by molar-refractivity contribution is -0.121. The Bertz CT molecular complexity index is 996. The van der Waals surface area contributed by atoms with Crippen molar-refractivity contribution >= 4 is 16.8 Å². The van der Waals surface area contributed by atoms with Gasteiger partial charge in [0.25, 0.3) is 0 Å². The first-order chi connectivity index (χ1) is 14.6. The van der Waals surface area contributed by atoms with E-state index in [9.17, 15) is 4.79 Å². The number of nitrogens with one attached hydrogen (secondary N) is 2. The summed E-state index contributed by atoms with van der Waals surface area (Å²) in [5, 5.41) is 4.06. The zero-order valence-electron chi connectivity index (χ0n) is 18.1. The number of hydrogen-bond acceptors (Lipinski definition) is 4. The van der Waals surface area contributed by atoms with E-state index in [1.165, 1.54) is 5.56 Å². The van der Waals surface area contributed by atoms with Crippen molar-refractivity contribution in [2.24, 2.45) is 0 Å². The van der Waals surface area contributed by atoms with Crippen LogP contribution in [-0.4, -0.2) is 45.4 Å². The van der Waals surface area contributed by atoms with Crippen molar-refractivity contribution in [3.63, 3.8) is 0 Å². The molecule has 0 bridgehead atoms. The number of para-hydroxylation sites is 1. The van der Waals surface area contributed by atoms with E-state index in [1.807, 2.05) is 24.4 Å². The number of ether oxygens (including phenoxy) is 3. The first kappa shape index (κ1) is 21.7. The molecule has 0 saturated heterocycles. The molecular weight excluding hydrogens is 380 g/mol. The second-order valence-electron chi connectivity index (χ2n) is 7.14. The molecule has 6 heteroatoms. The van der Waals surface area contributed by atoms with Gasteiger partial charge in [0.15, 0.2) is 0 Å². The van der Waals surface area contributed by atoms with Gasteiger partial charge < -0.3 is 24.5 Å². The smallest absolute Gasteiger partial charge is 0.221 e. The van der Waals surface area contributed by atoms with Crippen LogP contribution in [0.4, 0.5) is 0 Å². The number of carbonyl (C=O) groups excluding carboxylic acids is 1. The summed E-state index contributed by atoms with van der Waals surface area (Å²) in [6.07, 6.45) is 3.25. The largest absolute Gasteiger partial charge is 0.497 e. The number of carbonyl (C=O) groups is 1. The van der Waals surface area contributed by atoms with Gasteiger partial charge in [0.2, 0.25) is 5.91 Å². The number of aromatic amines is 1. The Morgan fingerprint density at radius 1 is 1.10 bits per heavy atom. The summed E-state index contributed by atoms with van der Waals surface area (Å²) in [5.41, 5.74) is 4.39. The number of benzene rings is 2. The minimum Gasteiger partial charge on any atom is -0.497 e. The van der Waals surface area contributed by atoms with Gasteiger partial charge in [-0.25, -0.2) is 0 Å².